The molecule has 1 amide bonds. The van der Waals surface area contributed by atoms with Crippen LogP contribution in [0.1, 0.15) is 19.3 Å². The van der Waals surface area contributed by atoms with Crippen molar-refractivity contribution < 1.29 is 26.4 Å². The maximum Gasteiger partial charge on any atom is 0.246 e. The van der Waals surface area contributed by atoms with E-state index in [9.17, 15) is 21.6 Å². The summed E-state index contributed by atoms with van der Waals surface area (Å²) in [6, 6.07) is 11.0. The Bertz CT molecular complexity index is 1230. The number of carbonyl (C=O) groups is 1. The molecule has 0 radical (unpaired) electrons. The van der Waals surface area contributed by atoms with E-state index in [4.69, 9.17) is 4.74 Å². The second-order valence-electron chi connectivity index (χ2n) is 7.60. The summed E-state index contributed by atoms with van der Waals surface area (Å²) in [5.41, 5.74) is 0.537. The summed E-state index contributed by atoms with van der Waals surface area (Å²) < 4.78 is 59.2. The molecule has 1 fully saturated rings. The van der Waals surface area contributed by atoms with Crippen LogP contribution in [0.2, 0.25) is 0 Å². The first kappa shape index (κ1) is 25.5. The monoisotopic (exact) mass is 559 g/mol. The van der Waals surface area contributed by atoms with Gasteiger partial charge in [-0.15, -0.1) is 0 Å². The number of hydrogen-bond acceptors (Lipinski definition) is 6. The van der Waals surface area contributed by atoms with Crippen molar-refractivity contribution >= 4 is 53.3 Å². The normalized spacial score (nSPS) is 15.1. The van der Waals surface area contributed by atoms with E-state index in [1.807, 2.05) is 0 Å². The number of para-hydroxylation sites is 1. The average molecular weight is 560 g/mol. The zero-order valence-corrected chi connectivity index (χ0v) is 21.5. The number of methoxy groups -OCH3 is 1. The molecule has 0 spiro atoms. The lowest BCUT2D eigenvalue weighted by Crippen LogP contribution is -2.37. The SMILES string of the molecule is COc1ccc(NC(=O)CN(c2ccccc2Br)S(C)(=O)=O)cc1S(=O)(=O)N1CCCCC1. The highest BCUT2D eigenvalue weighted by atomic mass is 79.9. The van der Waals surface area contributed by atoms with Gasteiger partial charge in [0.2, 0.25) is 26.0 Å². The number of piperidine rings is 1. The van der Waals surface area contributed by atoms with E-state index in [1.54, 1.807) is 24.3 Å². The predicted molar refractivity (Wildman–Crippen MR) is 131 cm³/mol. The number of hydrogen-bond donors (Lipinski definition) is 1. The van der Waals surface area contributed by atoms with Crippen LogP contribution in [0.25, 0.3) is 0 Å². The number of benzene rings is 2. The number of nitrogens with zero attached hydrogens (tertiary/aromatic N) is 2. The maximum atomic E-state index is 13.2. The Morgan fingerprint density at radius 1 is 1.09 bits per heavy atom. The van der Waals surface area contributed by atoms with E-state index in [0.29, 0.717) is 23.2 Å². The third-order valence-corrected chi connectivity index (χ3v) is 8.91. The van der Waals surface area contributed by atoms with E-state index in [1.165, 1.54) is 29.6 Å². The zero-order chi connectivity index (χ0) is 24.2. The fraction of sp³-hybridized carbons (Fsp3) is 0.381. The molecule has 2 aromatic carbocycles. The third-order valence-electron chi connectivity index (χ3n) is 5.19. The Kier molecular flexibility index (Phi) is 8.04. The van der Waals surface area contributed by atoms with Gasteiger partial charge in [0.25, 0.3) is 0 Å². The fourth-order valence-electron chi connectivity index (χ4n) is 3.57. The van der Waals surface area contributed by atoms with Gasteiger partial charge in [0.15, 0.2) is 0 Å². The summed E-state index contributed by atoms with van der Waals surface area (Å²) in [5.74, 6) is -0.452. The molecule has 3 rings (SSSR count). The summed E-state index contributed by atoms with van der Waals surface area (Å²) >= 11 is 3.31. The third kappa shape index (κ3) is 6.05. The van der Waals surface area contributed by atoms with Gasteiger partial charge < -0.3 is 10.1 Å². The summed E-state index contributed by atoms with van der Waals surface area (Å²) in [6.07, 6.45) is 3.56. The second-order valence-corrected chi connectivity index (χ2v) is 12.3. The molecular weight excluding hydrogens is 534 g/mol. The molecule has 1 N–H and O–H groups in total. The highest BCUT2D eigenvalue weighted by Gasteiger charge is 2.29. The van der Waals surface area contributed by atoms with Crippen LogP contribution in [0.15, 0.2) is 51.8 Å². The number of sulfonamides is 2. The fourth-order valence-corrected chi connectivity index (χ4v) is 6.75. The van der Waals surface area contributed by atoms with Gasteiger partial charge in [0.1, 0.15) is 17.2 Å². The number of anilines is 2. The zero-order valence-electron chi connectivity index (χ0n) is 18.3. The van der Waals surface area contributed by atoms with Crippen molar-refractivity contribution in [3.05, 3.63) is 46.9 Å². The largest absolute Gasteiger partial charge is 0.495 e. The van der Waals surface area contributed by atoms with Gasteiger partial charge in [-0.3, -0.25) is 9.10 Å². The molecule has 2 aromatic rings. The summed E-state index contributed by atoms with van der Waals surface area (Å²) in [5, 5.41) is 2.60. The highest BCUT2D eigenvalue weighted by molar-refractivity contribution is 9.10. The Morgan fingerprint density at radius 2 is 1.76 bits per heavy atom. The molecule has 33 heavy (non-hydrogen) atoms. The van der Waals surface area contributed by atoms with Crippen LogP contribution in [0, 0.1) is 0 Å². The van der Waals surface area contributed by atoms with Crippen molar-refractivity contribution in [1.82, 2.24) is 4.31 Å². The number of amides is 1. The minimum Gasteiger partial charge on any atom is -0.495 e. The molecule has 180 valence electrons. The van der Waals surface area contributed by atoms with Gasteiger partial charge in [0, 0.05) is 23.2 Å². The molecule has 1 aliphatic heterocycles. The standard InChI is InChI=1S/C21H26BrN3O6S2/c1-31-19-11-10-16(14-20(19)33(29,30)24-12-6-3-7-13-24)23-21(26)15-25(32(2,27)28)18-9-5-4-8-17(18)22/h4-5,8-11,14H,3,6-7,12-13,15H2,1-2H3,(H,23,26). The van der Waals surface area contributed by atoms with Crippen LogP contribution in [0.3, 0.4) is 0 Å². The molecule has 0 aromatic heterocycles. The molecule has 0 saturated carbocycles. The lowest BCUT2D eigenvalue weighted by atomic mass is 10.2. The van der Waals surface area contributed by atoms with Crippen LogP contribution in [0.4, 0.5) is 11.4 Å². The molecule has 0 bridgehead atoms. The molecule has 9 nitrogen and oxygen atoms in total. The minimum absolute atomic E-state index is 0.0459. The van der Waals surface area contributed by atoms with E-state index in [0.717, 1.165) is 29.8 Å². The van der Waals surface area contributed by atoms with Crippen LogP contribution < -0.4 is 14.4 Å². The molecule has 1 heterocycles. The van der Waals surface area contributed by atoms with Crippen LogP contribution in [-0.2, 0) is 24.8 Å². The van der Waals surface area contributed by atoms with E-state index in [-0.39, 0.29) is 16.3 Å². The number of rotatable bonds is 8. The number of ether oxygens (including phenoxy) is 1. The summed E-state index contributed by atoms with van der Waals surface area (Å²) in [4.78, 5) is 12.7. The van der Waals surface area contributed by atoms with Crippen molar-refractivity contribution in [3.63, 3.8) is 0 Å². The molecular formula is C21H26BrN3O6S2. The maximum absolute atomic E-state index is 13.2. The highest BCUT2D eigenvalue weighted by Crippen LogP contribution is 2.31. The van der Waals surface area contributed by atoms with Crippen molar-refractivity contribution in [1.29, 1.82) is 0 Å². The lowest BCUT2D eigenvalue weighted by Gasteiger charge is -2.27. The molecule has 0 aliphatic carbocycles. The first-order valence-electron chi connectivity index (χ1n) is 10.2. The first-order valence-corrected chi connectivity index (χ1v) is 14.3. The van der Waals surface area contributed by atoms with E-state index >= 15 is 0 Å². The molecule has 0 atom stereocenters. The Hall–Kier alpha value is -2.15. The first-order chi connectivity index (χ1) is 15.5. The average Bonchev–Trinajstić information content (AvgIpc) is 2.78. The minimum atomic E-state index is -3.81. The molecule has 1 aliphatic rings. The van der Waals surface area contributed by atoms with E-state index < -0.39 is 32.5 Å². The van der Waals surface area contributed by atoms with Gasteiger partial charge in [-0.25, -0.2) is 16.8 Å². The quantitative estimate of drug-likeness (QED) is 0.531. The Morgan fingerprint density at radius 3 is 2.36 bits per heavy atom. The van der Waals surface area contributed by atoms with Crippen molar-refractivity contribution in [2.24, 2.45) is 0 Å². The lowest BCUT2D eigenvalue weighted by molar-refractivity contribution is -0.114. The topological polar surface area (TPSA) is 113 Å². The van der Waals surface area contributed by atoms with Crippen LogP contribution in [-0.4, -0.2) is 60.0 Å². The van der Waals surface area contributed by atoms with Gasteiger partial charge in [-0.2, -0.15) is 4.31 Å². The number of nitrogens with one attached hydrogen (secondary N) is 1. The van der Waals surface area contributed by atoms with Gasteiger partial charge in [-0.1, -0.05) is 18.6 Å². The van der Waals surface area contributed by atoms with Crippen LogP contribution in [0.5, 0.6) is 5.75 Å². The van der Waals surface area contributed by atoms with Gasteiger partial charge in [0.05, 0.1) is 19.1 Å². The molecule has 0 unspecified atom stereocenters. The summed E-state index contributed by atoms with van der Waals surface area (Å²) in [7, 11) is -6.20. The van der Waals surface area contributed by atoms with Gasteiger partial charge >= 0.3 is 0 Å². The second kappa shape index (κ2) is 10.4. The number of carbonyl (C=O) groups excluding carboxylic acids is 1. The predicted octanol–water partition coefficient (Wildman–Crippen LogP) is 3.04. The van der Waals surface area contributed by atoms with Gasteiger partial charge in [-0.05, 0) is 59.1 Å². The Balaban J connectivity index is 1.86. The molecule has 12 heteroatoms. The van der Waals surface area contributed by atoms with Crippen molar-refractivity contribution in [2.75, 3.05) is 42.6 Å². The van der Waals surface area contributed by atoms with Crippen molar-refractivity contribution in [3.8, 4) is 5.75 Å². The van der Waals surface area contributed by atoms with Crippen LogP contribution >= 0.6 is 15.9 Å². The number of halogens is 1. The Labute approximate surface area is 203 Å². The van der Waals surface area contributed by atoms with E-state index in [2.05, 4.69) is 21.2 Å². The summed E-state index contributed by atoms with van der Waals surface area (Å²) in [6.45, 7) is 0.371. The van der Waals surface area contributed by atoms with Crippen molar-refractivity contribution in [2.45, 2.75) is 24.2 Å². The molecule has 1 saturated heterocycles. The smallest absolute Gasteiger partial charge is 0.246 e.